The molecule has 1 heterocycles. The van der Waals surface area contributed by atoms with Gasteiger partial charge in [0, 0.05) is 23.1 Å². The molecule has 0 aliphatic carbocycles. The molecule has 164 valence electrons. The first-order valence-corrected chi connectivity index (χ1v) is 12.0. The van der Waals surface area contributed by atoms with Crippen molar-refractivity contribution in [2.24, 2.45) is 4.58 Å². The fourth-order valence-electron chi connectivity index (χ4n) is 3.42. The van der Waals surface area contributed by atoms with Crippen molar-refractivity contribution in [2.75, 3.05) is 40.1 Å². The van der Waals surface area contributed by atoms with E-state index in [1.807, 2.05) is 20.9 Å². The van der Waals surface area contributed by atoms with E-state index >= 15 is 0 Å². The molecule has 0 radical (unpaired) electrons. The van der Waals surface area contributed by atoms with Gasteiger partial charge in [-0.2, -0.15) is 0 Å². The van der Waals surface area contributed by atoms with E-state index in [4.69, 9.17) is 9.47 Å². The van der Waals surface area contributed by atoms with Crippen molar-refractivity contribution in [2.45, 2.75) is 48.8 Å². The van der Waals surface area contributed by atoms with Crippen LogP contribution in [0.2, 0.25) is 0 Å². The number of rotatable bonds is 11. The molecule has 10 heteroatoms. The number of nitrogens with one attached hydrogen (secondary N) is 1. The fraction of sp³-hybridized carbons (Fsp3) is 0.684. The average Bonchev–Trinajstić information content (AvgIpc) is 2.87. The maximum absolute atomic E-state index is 13.1. The standard InChI is InChI=1S/C19H31N3O5S2/c1-4-26-15-27-14-18(19(28-21-23)10-5-12-22(3)13-11-19)20-29(24,25)17-8-6-16(2)7-9-17/h6-9,18,20H,4-5,10-15H2,1-3H3. The summed E-state index contributed by atoms with van der Waals surface area (Å²) in [5, 5.41) is 0. The van der Waals surface area contributed by atoms with Crippen LogP contribution in [-0.4, -0.2) is 64.3 Å². The molecule has 1 fully saturated rings. The maximum atomic E-state index is 13.1. The minimum Gasteiger partial charge on any atom is -0.356 e. The molecule has 1 saturated heterocycles. The lowest BCUT2D eigenvalue weighted by atomic mass is 9.92. The van der Waals surface area contributed by atoms with Crippen LogP contribution in [-0.2, 0) is 19.5 Å². The van der Waals surface area contributed by atoms with Gasteiger partial charge in [-0.3, -0.25) is 0 Å². The highest BCUT2D eigenvalue weighted by atomic mass is 32.2. The Labute approximate surface area is 177 Å². The number of likely N-dealkylation sites (tertiary alicyclic amines) is 1. The van der Waals surface area contributed by atoms with Crippen LogP contribution >= 0.6 is 11.9 Å². The number of hydrogen-bond acceptors (Lipinski definition) is 8. The fourth-order valence-corrected chi connectivity index (χ4v) is 5.61. The second-order valence-corrected chi connectivity index (χ2v) is 10.2. The lowest BCUT2D eigenvalue weighted by Crippen LogP contribution is -2.53. The summed E-state index contributed by atoms with van der Waals surface area (Å²) >= 11 is 0.920. The highest BCUT2D eigenvalue weighted by molar-refractivity contribution is 7.99. The molecule has 0 amide bonds. The van der Waals surface area contributed by atoms with Gasteiger partial charge < -0.3 is 14.4 Å². The Morgan fingerprint density at radius 1 is 1.24 bits per heavy atom. The predicted molar refractivity (Wildman–Crippen MR) is 115 cm³/mol. The minimum absolute atomic E-state index is 0.0639. The topological polar surface area (TPSA) is 97.3 Å². The molecule has 1 aliphatic rings. The molecule has 0 saturated carbocycles. The highest BCUT2D eigenvalue weighted by Crippen LogP contribution is 2.40. The van der Waals surface area contributed by atoms with Crippen LogP contribution in [0.4, 0.5) is 0 Å². The summed E-state index contributed by atoms with van der Waals surface area (Å²) < 4.78 is 42.2. The number of benzene rings is 1. The largest absolute Gasteiger partial charge is 0.356 e. The summed E-state index contributed by atoms with van der Waals surface area (Å²) in [6.45, 7) is 6.05. The van der Waals surface area contributed by atoms with Gasteiger partial charge in [0.2, 0.25) is 10.0 Å². The van der Waals surface area contributed by atoms with Crippen molar-refractivity contribution in [3.63, 3.8) is 0 Å². The van der Waals surface area contributed by atoms with Crippen LogP contribution in [0.1, 0.15) is 31.7 Å². The Morgan fingerprint density at radius 3 is 2.62 bits per heavy atom. The normalized spacial score (nSPS) is 22.2. The first-order chi connectivity index (χ1) is 13.8. The molecule has 2 rings (SSSR count). The molecule has 1 aromatic carbocycles. The average molecular weight is 446 g/mol. The molecule has 0 spiro atoms. The summed E-state index contributed by atoms with van der Waals surface area (Å²) in [5.41, 5.74) is 0.976. The molecule has 1 aliphatic heterocycles. The van der Waals surface area contributed by atoms with Gasteiger partial charge in [0.05, 0.1) is 22.3 Å². The summed E-state index contributed by atoms with van der Waals surface area (Å²) in [6.07, 6.45) is 2.12. The Morgan fingerprint density at radius 2 is 1.97 bits per heavy atom. The minimum atomic E-state index is -3.79. The van der Waals surface area contributed by atoms with E-state index in [1.54, 1.807) is 24.3 Å². The quantitative estimate of drug-likeness (QED) is 0.242. The first-order valence-electron chi connectivity index (χ1n) is 9.77. The van der Waals surface area contributed by atoms with Crippen molar-refractivity contribution in [3.8, 4) is 0 Å². The number of ether oxygens (including phenoxy) is 2. The molecule has 2 unspecified atom stereocenters. The molecule has 29 heavy (non-hydrogen) atoms. The summed E-state index contributed by atoms with van der Waals surface area (Å²) in [5.74, 6) is 0. The third-order valence-corrected chi connectivity index (χ3v) is 7.81. The van der Waals surface area contributed by atoms with Gasteiger partial charge >= 0.3 is 0 Å². The van der Waals surface area contributed by atoms with Crippen LogP contribution in [0.15, 0.2) is 33.7 Å². The molecular formula is C19H31N3O5S2. The van der Waals surface area contributed by atoms with Gasteiger partial charge in [0.25, 0.3) is 0 Å². The molecule has 1 N–H and O–H groups in total. The third kappa shape index (κ3) is 7.01. The van der Waals surface area contributed by atoms with Crippen molar-refractivity contribution in [1.82, 2.24) is 9.62 Å². The van der Waals surface area contributed by atoms with E-state index in [0.717, 1.165) is 37.0 Å². The summed E-state index contributed by atoms with van der Waals surface area (Å²) in [6, 6.07) is 6.05. The maximum Gasteiger partial charge on any atom is 0.240 e. The lowest BCUT2D eigenvalue weighted by Gasteiger charge is -2.37. The zero-order valence-electron chi connectivity index (χ0n) is 17.3. The number of nitrogens with zero attached hydrogens (tertiary/aromatic N) is 2. The van der Waals surface area contributed by atoms with Gasteiger partial charge in [0.1, 0.15) is 6.79 Å². The van der Waals surface area contributed by atoms with Crippen molar-refractivity contribution >= 4 is 22.0 Å². The second-order valence-electron chi connectivity index (χ2n) is 7.36. The van der Waals surface area contributed by atoms with Gasteiger partial charge in [0.15, 0.2) is 0 Å². The van der Waals surface area contributed by atoms with E-state index in [0.29, 0.717) is 19.4 Å². The van der Waals surface area contributed by atoms with Crippen LogP contribution in [0.3, 0.4) is 0 Å². The Bertz CT molecular complexity index is 745. The first kappa shape index (κ1) is 24.2. The van der Waals surface area contributed by atoms with Crippen LogP contribution in [0, 0.1) is 11.8 Å². The van der Waals surface area contributed by atoms with Crippen LogP contribution in [0.5, 0.6) is 0 Å². The van der Waals surface area contributed by atoms with Crippen molar-refractivity contribution < 1.29 is 17.9 Å². The molecule has 8 nitrogen and oxygen atoms in total. The monoisotopic (exact) mass is 445 g/mol. The van der Waals surface area contributed by atoms with Gasteiger partial charge in [-0.25, -0.2) is 13.1 Å². The zero-order chi connectivity index (χ0) is 21.3. The summed E-state index contributed by atoms with van der Waals surface area (Å²) in [4.78, 5) is 13.6. The van der Waals surface area contributed by atoms with E-state index in [1.165, 1.54) is 0 Å². The Hall–Kier alpha value is -1.04. The number of aryl methyl sites for hydroxylation is 1. The second kappa shape index (κ2) is 11.4. The van der Waals surface area contributed by atoms with E-state index in [9.17, 15) is 13.3 Å². The molecule has 2 atom stereocenters. The smallest absolute Gasteiger partial charge is 0.240 e. The van der Waals surface area contributed by atoms with Crippen molar-refractivity contribution in [1.29, 1.82) is 0 Å². The third-order valence-electron chi connectivity index (χ3n) is 5.19. The number of sulfonamides is 1. The van der Waals surface area contributed by atoms with Gasteiger partial charge in [-0.1, -0.05) is 17.7 Å². The predicted octanol–water partition coefficient (Wildman–Crippen LogP) is 2.92. The molecule has 1 aromatic rings. The zero-order valence-corrected chi connectivity index (χ0v) is 18.9. The van der Waals surface area contributed by atoms with Crippen LogP contribution in [0.25, 0.3) is 0 Å². The summed E-state index contributed by atoms with van der Waals surface area (Å²) in [7, 11) is -1.77. The Balaban J connectivity index is 2.30. The van der Waals surface area contributed by atoms with Crippen molar-refractivity contribution in [3.05, 3.63) is 34.7 Å². The number of nitroso groups, excluding NO2 is 1. The van der Waals surface area contributed by atoms with E-state index in [2.05, 4.69) is 14.2 Å². The number of hydrogen-bond donors (Lipinski definition) is 1. The van der Waals surface area contributed by atoms with Gasteiger partial charge in [-0.05, 0) is 65.4 Å². The lowest BCUT2D eigenvalue weighted by molar-refractivity contribution is -0.0570. The Kier molecular flexibility index (Phi) is 9.51. The van der Waals surface area contributed by atoms with E-state index in [-0.39, 0.29) is 18.3 Å². The molecule has 0 bridgehead atoms. The van der Waals surface area contributed by atoms with E-state index < -0.39 is 20.8 Å². The SMILES string of the molecule is CCOCOCC(NS(=O)(=O)c1ccc(C)cc1)C1(SN=O)CCCN(C)CC1. The molecular weight excluding hydrogens is 414 g/mol. The highest BCUT2D eigenvalue weighted by Gasteiger charge is 2.44. The molecule has 0 aromatic heterocycles. The van der Waals surface area contributed by atoms with Gasteiger partial charge in [-0.15, -0.1) is 4.91 Å². The van der Waals surface area contributed by atoms with Crippen LogP contribution < -0.4 is 4.72 Å².